The summed E-state index contributed by atoms with van der Waals surface area (Å²) in [5.74, 6) is -0.696. The van der Waals surface area contributed by atoms with Crippen LogP contribution in [0.15, 0.2) is 16.5 Å². The van der Waals surface area contributed by atoms with Gasteiger partial charge in [-0.15, -0.1) is 0 Å². The Hall–Kier alpha value is -1.50. The van der Waals surface area contributed by atoms with Crippen LogP contribution in [-0.4, -0.2) is 44.1 Å². The van der Waals surface area contributed by atoms with Gasteiger partial charge in [0.1, 0.15) is 0 Å². The van der Waals surface area contributed by atoms with Gasteiger partial charge in [0.2, 0.25) is 5.76 Å². The number of rotatable bonds is 2. The van der Waals surface area contributed by atoms with E-state index >= 15 is 0 Å². The maximum atomic E-state index is 11.2. The summed E-state index contributed by atoms with van der Waals surface area (Å²) in [7, 11) is -2.93. The molecule has 1 N–H and O–H groups in total. The third kappa shape index (κ3) is 2.19. The molecule has 2 heterocycles. The van der Waals surface area contributed by atoms with Gasteiger partial charge in [0, 0.05) is 19.2 Å². The van der Waals surface area contributed by atoms with Gasteiger partial charge in [0.05, 0.1) is 11.5 Å². The van der Waals surface area contributed by atoms with Crippen LogP contribution >= 0.6 is 0 Å². The largest absolute Gasteiger partial charge is 0.475 e. The van der Waals surface area contributed by atoms with E-state index in [9.17, 15) is 13.2 Å². The van der Waals surface area contributed by atoms with Gasteiger partial charge >= 0.3 is 5.97 Å². The van der Waals surface area contributed by atoms with Crippen LogP contribution in [0.4, 0.5) is 5.88 Å². The van der Waals surface area contributed by atoms with Crippen molar-refractivity contribution >= 4 is 21.7 Å². The Kier molecular flexibility index (Phi) is 2.63. The lowest BCUT2D eigenvalue weighted by atomic mass is 10.4. The SMILES string of the molecule is O=C(O)c1ccc(N2CCS(=O)(=O)CC2)o1. The number of sulfone groups is 1. The molecule has 1 fully saturated rings. The number of furan rings is 1. The molecule has 0 atom stereocenters. The number of carboxylic acids is 1. The fraction of sp³-hybridized carbons (Fsp3) is 0.444. The third-order valence-corrected chi connectivity index (χ3v) is 4.07. The number of hydrogen-bond donors (Lipinski definition) is 1. The highest BCUT2D eigenvalue weighted by Gasteiger charge is 2.24. The highest BCUT2D eigenvalue weighted by atomic mass is 32.2. The summed E-state index contributed by atoms with van der Waals surface area (Å²) < 4.78 is 27.5. The zero-order valence-corrected chi connectivity index (χ0v) is 9.24. The van der Waals surface area contributed by atoms with E-state index in [-0.39, 0.29) is 17.3 Å². The predicted molar refractivity (Wildman–Crippen MR) is 56.5 cm³/mol. The van der Waals surface area contributed by atoms with Crippen LogP contribution in [0.25, 0.3) is 0 Å². The number of nitrogens with zero attached hydrogens (tertiary/aromatic N) is 1. The highest BCUT2D eigenvalue weighted by molar-refractivity contribution is 7.91. The zero-order chi connectivity index (χ0) is 11.8. The van der Waals surface area contributed by atoms with Crippen molar-refractivity contribution in [3.63, 3.8) is 0 Å². The maximum absolute atomic E-state index is 11.2. The molecule has 0 aromatic carbocycles. The van der Waals surface area contributed by atoms with E-state index in [1.165, 1.54) is 6.07 Å². The van der Waals surface area contributed by atoms with Gasteiger partial charge in [0.25, 0.3) is 0 Å². The van der Waals surface area contributed by atoms with Crippen LogP contribution in [0.1, 0.15) is 10.6 Å². The Morgan fingerprint density at radius 2 is 1.94 bits per heavy atom. The van der Waals surface area contributed by atoms with Crippen molar-refractivity contribution in [3.05, 3.63) is 17.9 Å². The van der Waals surface area contributed by atoms with Gasteiger partial charge in [-0.3, -0.25) is 0 Å². The molecule has 1 aromatic heterocycles. The molecule has 6 nitrogen and oxygen atoms in total. The van der Waals surface area contributed by atoms with E-state index in [0.717, 1.165) is 0 Å². The zero-order valence-electron chi connectivity index (χ0n) is 8.42. The minimum atomic E-state index is -2.93. The molecule has 0 spiro atoms. The summed E-state index contributed by atoms with van der Waals surface area (Å²) in [6.07, 6.45) is 0. The van der Waals surface area contributed by atoms with Gasteiger partial charge < -0.3 is 14.4 Å². The number of carboxylic acid groups (broad SMARTS) is 1. The summed E-state index contributed by atoms with van der Waals surface area (Å²) >= 11 is 0. The first-order valence-electron chi connectivity index (χ1n) is 4.76. The number of aromatic carboxylic acids is 1. The summed E-state index contributed by atoms with van der Waals surface area (Å²) in [4.78, 5) is 12.3. The smallest absolute Gasteiger partial charge is 0.371 e. The van der Waals surface area contributed by atoms with Crippen LogP contribution in [0.2, 0.25) is 0 Å². The molecule has 1 aliphatic rings. The Labute approximate surface area is 92.4 Å². The molecule has 2 rings (SSSR count). The monoisotopic (exact) mass is 245 g/mol. The Balaban J connectivity index is 2.11. The highest BCUT2D eigenvalue weighted by Crippen LogP contribution is 2.20. The second-order valence-corrected chi connectivity index (χ2v) is 5.89. The van der Waals surface area contributed by atoms with Crippen LogP contribution in [0.5, 0.6) is 0 Å². The Bertz CT molecular complexity index is 490. The minimum absolute atomic E-state index is 0.0795. The molecular formula is C9H11NO5S. The van der Waals surface area contributed by atoms with Gasteiger partial charge in [-0.2, -0.15) is 0 Å². The molecule has 1 aromatic rings. The first-order valence-corrected chi connectivity index (χ1v) is 6.58. The average molecular weight is 245 g/mol. The van der Waals surface area contributed by atoms with Gasteiger partial charge in [0.15, 0.2) is 15.7 Å². The summed E-state index contributed by atoms with van der Waals surface area (Å²) in [5, 5.41) is 8.67. The molecule has 1 saturated heterocycles. The van der Waals surface area contributed by atoms with E-state index in [4.69, 9.17) is 9.52 Å². The summed E-state index contributed by atoms with van der Waals surface area (Å²) in [6, 6.07) is 2.90. The van der Waals surface area contributed by atoms with E-state index in [2.05, 4.69) is 0 Å². The molecule has 0 amide bonds. The molecule has 0 radical (unpaired) electrons. The van der Waals surface area contributed by atoms with E-state index < -0.39 is 15.8 Å². The normalized spacial score (nSPS) is 19.6. The first kappa shape index (κ1) is 11.0. The van der Waals surface area contributed by atoms with Crippen molar-refractivity contribution in [2.75, 3.05) is 29.5 Å². The van der Waals surface area contributed by atoms with Crippen LogP contribution in [0, 0.1) is 0 Å². The molecule has 88 valence electrons. The standard InChI is InChI=1S/C9H11NO5S/c11-9(12)7-1-2-8(15-7)10-3-5-16(13,14)6-4-10/h1-2H,3-6H2,(H,11,12). The molecule has 1 aliphatic heterocycles. The van der Waals surface area contributed by atoms with Crippen molar-refractivity contribution < 1.29 is 22.7 Å². The molecule has 16 heavy (non-hydrogen) atoms. The quantitative estimate of drug-likeness (QED) is 0.801. The minimum Gasteiger partial charge on any atom is -0.475 e. The van der Waals surface area contributed by atoms with Gasteiger partial charge in [-0.05, 0) is 6.07 Å². The van der Waals surface area contributed by atoms with E-state index in [0.29, 0.717) is 19.0 Å². The lowest BCUT2D eigenvalue weighted by Crippen LogP contribution is -2.40. The lowest BCUT2D eigenvalue weighted by molar-refractivity contribution is 0.0663. The average Bonchev–Trinajstić information content (AvgIpc) is 2.66. The topological polar surface area (TPSA) is 87.8 Å². The molecule has 0 unspecified atom stereocenters. The molecule has 0 aliphatic carbocycles. The second kappa shape index (κ2) is 3.82. The predicted octanol–water partition coefficient (Wildman–Crippen LogP) is 0.213. The van der Waals surface area contributed by atoms with Crippen molar-refractivity contribution in [3.8, 4) is 0 Å². The molecule has 7 heteroatoms. The van der Waals surface area contributed by atoms with E-state index in [1.807, 2.05) is 0 Å². The Morgan fingerprint density at radius 3 is 2.44 bits per heavy atom. The fourth-order valence-electron chi connectivity index (χ4n) is 1.55. The summed E-state index contributed by atoms with van der Waals surface area (Å²) in [5.41, 5.74) is 0. The molecule has 0 bridgehead atoms. The van der Waals surface area contributed by atoms with Crippen LogP contribution < -0.4 is 4.90 Å². The molecule has 0 saturated carbocycles. The number of hydrogen-bond acceptors (Lipinski definition) is 5. The van der Waals surface area contributed by atoms with E-state index in [1.54, 1.807) is 11.0 Å². The lowest BCUT2D eigenvalue weighted by Gasteiger charge is -2.25. The second-order valence-electron chi connectivity index (χ2n) is 3.58. The molecular weight excluding hydrogens is 234 g/mol. The Morgan fingerprint density at radius 1 is 1.31 bits per heavy atom. The van der Waals surface area contributed by atoms with Crippen LogP contribution in [0.3, 0.4) is 0 Å². The van der Waals surface area contributed by atoms with Crippen LogP contribution in [-0.2, 0) is 9.84 Å². The van der Waals surface area contributed by atoms with Crippen molar-refractivity contribution in [2.24, 2.45) is 0 Å². The number of carbonyl (C=O) groups is 1. The van der Waals surface area contributed by atoms with Gasteiger partial charge in [-0.25, -0.2) is 13.2 Å². The van der Waals surface area contributed by atoms with Crippen molar-refractivity contribution in [1.82, 2.24) is 0 Å². The summed E-state index contributed by atoms with van der Waals surface area (Å²) in [6.45, 7) is 0.684. The maximum Gasteiger partial charge on any atom is 0.371 e. The third-order valence-electron chi connectivity index (χ3n) is 2.46. The van der Waals surface area contributed by atoms with Gasteiger partial charge in [-0.1, -0.05) is 0 Å². The van der Waals surface area contributed by atoms with Crippen molar-refractivity contribution in [2.45, 2.75) is 0 Å². The van der Waals surface area contributed by atoms with Crippen molar-refractivity contribution in [1.29, 1.82) is 0 Å². The fourth-order valence-corrected chi connectivity index (χ4v) is 2.75. The first-order chi connectivity index (χ1) is 7.48. The number of anilines is 1.